The lowest BCUT2D eigenvalue weighted by molar-refractivity contribution is 0.102. The number of amides is 1. The predicted octanol–water partition coefficient (Wildman–Crippen LogP) is 3.29. The number of carbonyl (C=O) groups is 1. The summed E-state index contributed by atoms with van der Waals surface area (Å²) in [5, 5.41) is 2.76. The van der Waals surface area contributed by atoms with Gasteiger partial charge < -0.3 is 5.32 Å². The third-order valence-electron chi connectivity index (χ3n) is 4.74. The Labute approximate surface area is 154 Å². The first kappa shape index (κ1) is 18.5. The van der Waals surface area contributed by atoms with Crippen LogP contribution in [0.1, 0.15) is 43.5 Å². The van der Waals surface area contributed by atoms with Gasteiger partial charge in [-0.3, -0.25) is 9.78 Å². The van der Waals surface area contributed by atoms with Crippen LogP contribution >= 0.6 is 0 Å². The van der Waals surface area contributed by atoms with Crippen molar-refractivity contribution in [3.05, 3.63) is 54.4 Å². The molecule has 2 unspecified atom stereocenters. The van der Waals surface area contributed by atoms with E-state index in [1.807, 2.05) is 13.8 Å². The highest BCUT2D eigenvalue weighted by atomic mass is 32.2. The Kier molecular flexibility index (Phi) is 5.38. The maximum atomic E-state index is 13.0. The van der Waals surface area contributed by atoms with Crippen molar-refractivity contribution in [1.29, 1.82) is 0 Å². The number of nitrogens with one attached hydrogen (secondary N) is 1. The van der Waals surface area contributed by atoms with E-state index in [2.05, 4.69) is 10.3 Å². The summed E-state index contributed by atoms with van der Waals surface area (Å²) in [5.74, 6) is -0.263. The van der Waals surface area contributed by atoms with Crippen LogP contribution < -0.4 is 5.32 Å². The Hall–Kier alpha value is -2.25. The molecule has 1 aliphatic rings. The van der Waals surface area contributed by atoms with Gasteiger partial charge in [-0.1, -0.05) is 6.42 Å². The van der Waals surface area contributed by atoms with Crippen LogP contribution in [0.4, 0.5) is 5.69 Å². The first-order chi connectivity index (χ1) is 12.4. The number of hydrogen-bond acceptors (Lipinski definition) is 4. The number of piperidine rings is 1. The molecule has 0 saturated carbocycles. The monoisotopic (exact) mass is 373 g/mol. The fourth-order valence-corrected chi connectivity index (χ4v) is 5.29. The highest BCUT2D eigenvalue weighted by Crippen LogP contribution is 2.29. The number of benzene rings is 1. The van der Waals surface area contributed by atoms with Crippen LogP contribution in [0.5, 0.6) is 0 Å². The van der Waals surface area contributed by atoms with E-state index in [4.69, 9.17) is 0 Å². The van der Waals surface area contributed by atoms with Gasteiger partial charge >= 0.3 is 0 Å². The summed E-state index contributed by atoms with van der Waals surface area (Å²) in [5.41, 5.74) is 1.04. The summed E-state index contributed by atoms with van der Waals surface area (Å²) in [7, 11) is -3.55. The highest BCUT2D eigenvalue weighted by molar-refractivity contribution is 7.89. The number of anilines is 1. The van der Waals surface area contributed by atoms with Gasteiger partial charge in [0.2, 0.25) is 10.0 Å². The van der Waals surface area contributed by atoms with Gasteiger partial charge in [0, 0.05) is 35.7 Å². The Bertz CT molecular complexity index is 857. The Morgan fingerprint density at radius 3 is 2.19 bits per heavy atom. The molecule has 2 heterocycles. The molecule has 0 aliphatic carbocycles. The molecule has 1 saturated heterocycles. The van der Waals surface area contributed by atoms with E-state index < -0.39 is 10.0 Å². The van der Waals surface area contributed by atoms with Crippen LogP contribution in [0.3, 0.4) is 0 Å². The first-order valence-corrected chi connectivity index (χ1v) is 10.2. The average Bonchev–Trinajstić information content (AvgIpc) is 2.62. The van der Waals surface area contributed by atoms with E-state index in [0.717, 1.165) is 19.3 Å². The topological polar surface area (TPSA) is 79.4 Å². The summed E-state index contributed by atoms with van der Waals surface area (Å²) >= 11 is 0. The van der Waals surface area contributed by atoms with Gasteiger partial charge in [-0.2, -0.15) is 4.31 Å². The van der Waals surface area contributed by atoms with Crippen molar-refractivity contribution in [2.45, 2.75) is 50.1 Å². The van der Waals surface area contributed by atoms with Crippen molar-refractivity contribution >= 4 is 21.6 Å². The number of pyridine rings is 1. The quantitative estimate of drug-likeness (QED) is 0.892. The molecule has 1 aromatic heterocycles. The molecule has 0 bridgehead atoms. The maximum Gasteiger partial charge on any atom is 0.255 e. The molecule has 7 heteroatoms. The fourth-order valence-electron chi connectivity index (χ4n) is 3.41. The van der Waals surface area contributed by atoms with Gasteiger partial charge in [0.15, 0.2) is 0 Å². The van der Waals surface area contributed by atoms with E-state index in [0.29, 0.717) is 11.3 Å². The van der Waals surface area contributed by atoms with Crippen molar-refractivity contribution in [3.63, 3.8) is 0 Å². The van der Waals surface area contributed by atoms with E-state index in [-0.39, 0.29) is 22.9 Å². The molecule has 2 atom stereocenters. The molecule has 1 aliphatic heterocycles. The first-order valence-electron chi connectivity index (χ1n) is 8.74. The standard InChI is InChI=1S/C19H23N3O3S/c1-14-4-3-5-15(2)22(14)26(24,25)18-8-6-17(7-9-18)21-19(23)16-10-12-20-13-11-16/h6-15H,3-5H2,1-2H3,(H,21,23). The van der Waals surface area contributed by atoms with Crippen molar-refractivity contribution in [2.24, 2.45) is 0 Å². The smallest absolute Gasteiger partial charge is 0.255 e. The van der Waals surface area contributed by atoms with E-state index in [1.54, 1.807) is 53.1 Å². The molecule has 6 nitrogen and oxygen atoms in total. The van der Waals surface area contributed by atoms with Crippen molar-refractivity contribution in [3.8, 4) is 0 Å². The minimum absolute atomic E-state index is 0.00480. The summed E-state index contributed by atoms with van der Waals surface area (Å²) < 4.78 is 27.6. The molecule has 3 rings (SSSR count). The van der Waals surface area contributed by atoms with E-state index in [9.17, 15) is 13.2 Å². The lowest BCUT2D eigenvalue weighted by Gasteiger charge is -2.37. The molecule has 1 amide bonds. The zero-order valence-corrected chi connectivity index (χ0v) is 15.7. The molecule has 0 radical (unpaired) electrons. The van der Waals surface area contributed by atoms with Gasteiger partial charge in [-0.05, 0) is 63.1 Å². The van der Waals surface area contributed by atoms with Crippen LogP contribution in [-0.4, -0.2) is 35.7 Å². The zero-order chi connectivity index (χ0) is 18.7. The van der Waals surface area contributed by atoms with Crippen LogP contribution in [0.2, 0.25) is 0 Å². The third-order valence-corrected chi connectivity index (χ3v) is 6.89. The molecule has 0 spiro atoms. The van der Waals surface area contributed by atoms with Crippen LogP contribution in [0, 0.1) is 0 Å². The second kappa shape index (κ2) is 7.55. The van der Waals surface area contributed by atoms with Gasteiger partial charge in [0.05, 0.1) is 4.90 Å². The van der Waals surface area contributed by atoms with Gasteiger partial charge in [0.25, 0.3) is 5.91 Å². The molecule has 1 aromatic carbocycles. The summed E-state index contributed by atoms with van der Waals surface area (Å²) in [6, 6.07) is 9.55. The number of nitrogens with zero attached hydrogens (tertiary/aromatic N) is 2. The second-order valence-corrected chi connectivity index (χ2v) is 8.52. The average molecular weight is 373 g/mol. The summed E-state index contributed by atoms with van der Waals surface area (Å²) in [6.07, 6.45) is 5.90. The van der Waals surface area contributed by atoms with Gasteiger partial charge in [-0.25, -0.2) is 8.42 Å². The largest absolute Gasteiger partial charge is 0.322 e. The number of carbonyl (C=O) groups excluding carboxylic acids is 1. The van der Waals surface area contributed by atoms with Crippen LogP contribution in [0.15, 0.2) is 53.7 Å². The van der Waals surface area contributed by atoms with E-state index >= 15 is 0 Å². The number of sulfonamides is 1. The molecule has 1 fully saturated rings. The number of aromatic nitrogens is 1. The fraction of sp³-hybridized carbons (Fsp3) is 0.368. The SMILES string of the molecule is CC1CCCC(C)N1S(=O)(=O)c1ccc(NC(=O)c2ccncc2)cc1. The molecular weight excluding hydrogens is 350 g/mol. The Balaban J connectivity index is 1.77. The van der Waals surface area contributed by atoms with Crippen molar-refractivity contribution in [2.75, 3.05) is 5.32 Å². The Morgan fingerprint density at radius 2 is 1.62 bits per heavy atom. The molecule has 2 aromatic rings. The Morgan fingerprint density at radius 1 is 1.04 bits per heavy atom. The van der Waals surface area contributed by atoms with Gasteiger partial charge in [-0.15, -0.1) is 0 Å². The molecule has 1 N–H and O–H groups in total. The maximum absolute atomic E-state index is 13.0. The predicted molar refractivity (Wildman–Crippen MR) is 100 cm³/mol. The zero-order valence-electron chi connectivity index (χ0n) is 14.9. The minimum Gasteiger partial charge on any atom is -0.322 e. The molecule has 138 valence electrons. The second-order valence-electron chi connectivity index (χ2n) is 6.68. The normalized spacial score (nSPS) is 21.3. The molecular formula is C19H23N3O3S. The lowest BCUT2D eigenvalue weighted by atomic mass is 10.0. The summed E-state index contributed by atoms with van der Waals surface area (Å²) in [4.78, 5) is 16.3. The highest BCUT2D eigenvalue weighted by Gasteiger charge is 2.35. The summed E-state index contributed by atoms with van der Waals surface area (Å²) in [6.45, 7) is 3.91. The third kappa shape index (κ3) is 3.78. The molecule has 26 heavy (non-hydrogen) atoms. The van der Waals surface area contributed by atoms with Crippen LogP contribution in [-0.2, 0) is 10.0 Å². The number of hydrogen-bond donors (Lipinski definition) is 1. The van der Waals surface area contributed by atoms with Crippen molar-refractivity contribution < 1.29 is 13.2 Å². The van der Waals surface area contributed by atoms with Crippen LogP contribution in [0.25, 0.3) is 0 Å². The number of rotatable bonds is 4. The van der Waals surface area contributed by atoms with Crippen molar-refractivity contribution in [1.82, 2.24) is 9.29 Å². The minimum atomic E-state index is -3.55. The lowest BCUT2D eigenvalue weighted by Crippen LogP contribution is -2.47. The van der Waals surface area contributed by atoms with E-state index in [1.165, 1.54) is 0 Å². The van der Waals surface area contributed by atoms with Gasteiger partial charge in [0.1, 0.15) is 0 Å².